The number of hydrogen-bond donors (Lipinski definition) is 3. The van der Waals surface area contributed by atoms with Crippen LogP contribution in [0.1, 0.15) is 33.2 Å². The predicted octanol–water partition coefficient (Wildman–Crippen LogP) is 2.71. The summed E-state index contributed by atoms with van der Waals surface area (Å²) in [6, 6.07) is 10.8. The summed E-state index contributed by atoms with van der Waals surface area (Å²) < 4.78 is 13.8. The molecule has 2 aromatic rings. The summed E-state index contributed by atoms with van der Waals surface area (Å²) in [7, 11) is 0. The van der Waals surface area contributed by atoms with Gasteiger partial charge in [0.25, 0.3) is 11.8 Å². The molecule has 1 unspecified atom stereocenters. The number of anilines is 1. The van der Waals surface area contributed by atoms with E-state index < -0.39 is 11.7 Å². The van der Waals surface area contributed by atoms with E-state index in [0.717, 1.165) is 0 Å². The van der Waals surface area contributed by atoms with E-state index in [-0.39, 0.29) is 17.4 Å². The number of para-hydroxylation sites is 1. The number of benzene rings is 2. The summed E-state index contributed by atoms with van der Waals surface area (Å²) in [5.41, 5.74) is 6.89. The fourth-order valence-electron chi connectivity index (χ4n) is 2.29. The highest BCUT2D eigenvalue weighted by molar-refractivity contribution is 6.09. The van der Waals surface area contributed by atoms with E-state index in [1.54, 1.807) is 31.2 Å². The lowest BCUT2D eigenvalue weighted by atomic mass is 10.1. The van der Waals surface area contributed by atoms with E-state index in [2.05, 4.69) is 10.6 Å². The minimum atomic E-state index is -0.614. The molecule has 0 heterocycles. The third-order valence-electron chi connectivity index (χ3n) is 3.89. The standard InChI is InChI=1S/C19H22FN3O2/c1-12(10-21)11-22-18(24)15-8-5-6-13(2)17(15)23-19(25)14-7-3-4-9-16(14)20/h3-9,12H,10-11,21H2,1-2H3,(H,22,24)(H,23,25). The Morgan fingerprint density at radius 1 is 1.08 bits per heavy atom. The van der Waals surface area contributed by atoms with Crippen LogP contribution in [0.25, 0.3) is 0 Å². The van der Waals surface area contributed by atoms with E-state index in [4.69, 9.17) is 5.73 Å². The van der Waals surface area contributed by atoms with Gasteiger partial charge in [-0.2, -0.15) is 0 Å². The van der Waals surface area contributed by atoms with Gasteiger partial charge >= 0.3 is 0 Å². The fraction of sp³-hybridized carbons (Fsp3) is 0.263. The van der Waals surface area contributed by atoms with Crippen LogP contribution in [-0.2, 0) is 0 Å². The number of amides is 2. The third kappa shape index (κ3) is 4.64. The molecule has 2 aromatic carbocycles. The number of carbonyl (C=O) groups is 2. The maximum atomic E-state index is 13.8. The van der Waals surface area contributed by atoms with Crippen molar-refractivity contribution in [2.24, 2.45) is 11.7 Å². The van der Waals surface area contributed by atoms with Gasteiger partial charge in [-0.3, -0.25) is 9.59 Å². The molecule has 0 fully saturated rings. The van der Waals surface area contributed by atoms with Crippen molar-refractivity contribution in [3.63, 3.8) is 0 Å². The largest absolute Gasteiger partial charge is 0.352 e. The highest BCUT2D eigenvalue weighted by atomic mass is 19.1. The number of hydrogen-bond acceptors (Lipinski definition) is 3. The summed E-state index contributed by atoms with van der Waals surface area (Å²) in [6.45, 7) is 4.60. The van der Waals surface area contributed by atoms with Crippen molar-refractivity contribution in [3.8, 4) is 0 Å². The molecule has 5 nitrogen and oxygen atoms in total. The number of aryl methyl sites for hydroxylation is 1. The molecule has 0 aliphatic rings. The molecule has 2 rings (SSSR count). The quantitative estimate of drug-likeness (QED) is 0.754. The topological polar surface area (TPSA) is 84.2 Å². The van der Waals surface area contributed by atoms with Gasteiger partial charge in [0.2, 0.25) is 0 Å². The zero-order chi connectivity index (χ0) is 18.4. The normalized spacial score (nSPS) is 11.7. The summed E-state index contributed by atoms with van der Waals surface area (Å²) >= 11 is 0. The fourth-order valence-corrected chi connectivity index (χ4v) is 2.29. The second-order valence-electron chi connectivity index (χ2n) is 5.98. The summed E-state index contributed by atoms with van der Waals surface area (Å²) in [5, 5.41) is 5.45. The molecule has 6 heteroatoms. The number of nitrogens with two attached hydrogens (primary N) is 1. The highest BCUT2D eigenvalue weighted by Gasteiger charge is 2.18. The lowest BCUT2D eigenvalue weighted by Crippen LogP contribution is -2.32. The Balaban J connectivity index is 2.24. The molecule has 0 aliphatic heterocycles. The SMILES string of the molecule is Cc1cccc(C(=O)NCC(C)CN)c1NC(=O)c1ccccc1F. The molecule has 0 bridgehead atoms. The van der Waals surface area contributed by atoms with Crippen molar-refractivity contribution < 1.29 is 14.0 Å². The minimum absolute atomic E-state index is 0.0751. The molecule has 0 aromatic heterocycles. The van der Waals surface area contributed by atoms with E-state index in [1.807, 2.05) is 6.92 Å². The number of carbonyl (C=O) groups excluding carboxylic acids is 2. The summed E-state index contributed by atoms with van der Waals surface area (Å²) in [5.74, 6) is -1.38. The van der Waals surface area contributed by atoms with Crippen molar-refractivity contribution in [3.05, 3.63) is 65.0 Å². The average molecular weight is 343 g/mol. The lowest BCUT2D eigenvalue weighted by molar-refractivity contribution is 0.0949. The molecular formula is C19H22FN3O2. The lowest BCUT2D eigenvalue weighted by Gasteiger charge is -2.15. The molecule has 2 amide bonds. The van der Waals surface area contributed by atoms with E-state index in [1.165, 1.54) is 18.2 Å². The first-order chi connectivity index (χ1) is 11.9. The van der Waals surface area contributed by atoms with Gasteiger partial charge in [0.05, 0.1) is 16.8 Å². The first-order valence-corrected chi connectivity index (χ1v) is 8.07. The van der Waals surface area contributed by atoms with Crippen LogP contribution in [0.5, 0.6) is 0 Å². The van der Waals surface area contributed by atoms with Crippen molar-refractivity contribution in [1.82, 2.24) is 5.32 Å². The molecule has 0 radical (unpaired) electrons. The minimum Gasteiger partial charge on any atom is -0.352 e. The van der Waals surface area contributed by atoms with Gasteiger partial charge in [0, 0.05) is 6.54 Å². The number of rotatable bonds is 6. The molecule has 0 spiro atoms. The molecule has 0 saturated heterocycles. The zero-order valence-corrected chi connectivity index (χ0v) is 14.3. The van der Waals surface area contributed by atoms with Crippen LogP contribution in [0.3, 0.4) is 0 Å². The van der Waals surface area contributed by atoms with Crippen LogP contribution in [0.15, 0.2) is 42.5 Å². The molecule has 132 valence electrons. The average Bonchev–Trinajstić information content (AvgIpc) is 2.61. The Labute approximate surface area is 146 Å². The maximum Gasteiger partial charge on any atom is 0.258 e. The molecule has 0 aliphatic carbocycles. The van der Waals surface area contributed by atoms with Crippen molar-refractivity contribution in [2.75, 3.05) is 18.4 Å². The summed E-state index contributed by atoms with van der Waals surface area (Å²) in [6.07, 6.45) is 0. The second-order valence-corrected chi connectivity index (χ2v) is 5.98. The molecule has 4 N–H and O–H groups in total. The van der Waals surface area contributed by atoms with Crippen LogP contribution < -0.4 is 16.4 Å². The van der Waals surface area contributed by atoms with Gasteiger partial charge in [-0.05, 0) is 43.1 Å². The van der Waals surface area contributed by atoms with Gasteiger partial charge in [0.1, 0.15) is 5.82 Å². The Bertz CT molecular complexity index is 777. The van der Waals surface area contributed by atoms with Crippen molar-refractivity contribution >= 4 is 17.5 Å². The van der Waals surface area contributed by atoms with Crippen LogP contribution in [-0.4, -0.2) is 24.9 Å². The van der Waals surface area contributed by atoms with E-state index in [0.29, 0.717) is 29.9 Å². The summed E-state index contributed by atoms with van der Waals surface area (Å²) in [4.78, 5) is 24.8. The first-order valence-electron chi connectivity index (χ1n) is 8.07. The predicted molar refractivity (Wildman–Crippen MR) is 96.1 cm³/mol. The second kappa shape index (κ2) is 8.39. The Hall–Kier alpha value is -2.73. The van der Waals surface area contributed by atoms with Gasteiger partial charge in [-0.15, -0.1) is 0 Å². The Kier molecular flexibility index (Phi) is 6.25. The maximum absolute atomic E-state index is 13.8. The van der Waals surface area contributed by atoms with Crippen molar-refractivity contribution in [1.29, 1.82) is 0 Å². The van der Waals surface area contributed by atoms with Gasteiger partial charge in [-0.1, -0.05) is 31.2 Å². The van der Waals surface area contributed by atoms with Crippen molar-refractivity contribution in [2.45, 2.75) is 13.8 Å². The van der Waals surface area contributed by atoms with Gasteiger partial charge in [-0.25, -0.2) is 4.39 Å². The van der Waals surface area contributed by atoms with Crippen LogP contribution in [0, 0.1) is 18.7 Å². The molecular weight excluding hydrogens is 321 g/mol. The van der Waals surface area contributed by atoms with Crippen LogP contribution in [0.2, 0.25) is 0 Å². The van der Waals surface area contributed by atoms with Gasteiger partial charge in [0.15, 0.2) is 0 Å². The Morgan fingerprint density at radius 3 is 2.44 bits per heavy atom. The van der Waals surface area contributed by atoms with E-state index >= 15 is 0 Å². The van der Waals surface area contributed by atoms with Crippen LogP contribution in [0.4, 0.5) is 10.1 Å². The highest BCUT2D eigenvalue weighted by Crippen LogP contribution is 2.22. The number of halogens is 1. The number of nitrogens with one attached hydrogen (secondary N) is 2. The van der Waals surface area contributed by atoms with Gasteiger partial charge < -0.3 is 16.4 Å². The Morgan fingerprint density at radius 2 is 1.76 bits per heavy atom. The molecule has 25 heavy (non-hydrogen) atoms. The zero-order valence-electron chi connectivity index (χ0n) is 14.3. The molecule has 0 saturated carbocycles. The first kappa shape index (κ1) is 18.6. The molecule has 1 atom stereocenters. The third-order valence-corrected chi connectivity index (χ3v) is 3.89. The monoisotopic (exact) mass is 343 g/mol. The van der Waals surface area contributed by atoms with E-state index in [9.17, 15) is 14.0 Å². The van der Waals surface area contributed by atoms with Crippen LogP contribution >= 0.6 is 0 Å². The smallest absolute Gasteiger partial charge is 0.258 e.